The van der Waals surface area contributed by atoms with E-state index in [1.807, 2.05) is 20.8 Å². The molecule has 0 bridgehead atoms. The predicted octanol–water partition coefficient (Wildman–Crippen LogP) is 0.889. The van der Waals surface area contributed by atoms with Crippen LogP contribution in [0.4, 0.5) is 8.78 Å². The summed E-state index contributed by atoms with van der Waals surface area (Å²) in [6.45, 7) is 8.93. The number of alkyl halides is 3. The van der Waals surface area contributed by atoms with Gasteiger partial charge in [0.05, 0.1) is 12.5 Å². The molecule has 8 atom stereocenters. The van der Waals surface area contributed by atoms with Gasteiger partial charge >= 0.3 is 0 Å². The predicted molar refractivity (Wildman–Crippen MR) is 130 cm³/mol. The number of likely N-dealkylation sites (tertiary alicyclic amines) is 1. The number of piperidine rings is 1. The smallest absolute Gasteiger partial charge is 0.291 e. The van der Waals surface area contributed by atoms with E-state index >= 15 is 0 Å². The topological polar surface area (TPSA) is 128 Å². The van der Waals surface area contributed by atoms with Gasteiger partial charge in [0.15, 0.2) is 6.17 Å². The Morgan fingerprint density at radius 3 is 2.41 bits per heavy atom. The van der Waals surface area contributed by atoms with Crippen molar-refractivity contribution in [2.75, 3.05) is 19.6 Å². The molecule has 3 aliphatic rings. The summed E-state index contributed by atoms with van der Waals surface area (Å²) in [7, 11) is 0. The number of nitrogens with one attached hydrogen (secondary N) is 3. The molecule has 37 heavy (non-hydrogen) atoms. The Morgan fingerprint density at radius 2 is 1.89 bits per heavy atom. The third-order valence-electron chi connectivity index (χ3n) is 8.16. The molecule has 3 N–H and O–H groups in total. The number of hydrogen-bond donors (Lipinski definition) is 3. The molecule has 0 spiro atoms. The van der Waals surface area contributed by atoms with Crippen LogP contribution in [0.2, 0.25) is 0 Å². The lowest BCUT2D eigenvalue weighted by atomic mass is 9.95. The van der Waals surface area contributed by atoms with Crippen LogP contribution in [0.15, 0.2) is 0 Å². The summed E-state index contributed by atoms with van der Waals surface area (Å²) in [6, 6.07) is -2.07. The largest absolute Gasteiger partial charge is 0.356 e. The zero-order valence-corrected chi connectivity index (χ0v) is 22.5. The zero-order valence-electron chi connectivity index (χ0n) is 21.7. The molecule has 208 valence electrons. The highest BCUT2D eigenvalue weighted by atomic mass is 35.5. The van der Waals surface area contributed by atoms with Crippen molar-refractivity contribution in [2.24, 2.45) is 29.1 Å². The van der Waals surface area contributed by atoms with E-state index in [0.29, 0.717) is 24.4 Å². The molecule has 1 saturated carbocycles. The normalized spacial score (nSPS) is 28.9. The molecule has 13 heteroatoms. The van der Waals surface area contributed by atoms with E-state index in [4.69, 9.17) is 11.6 Å². The Morgan fingerprint density at radius 1 is 1.24 bits per heavy atom. The fourth-order valence-corrected chi connectivity index (χ4v) is 5.61. The van der Waals surface area contributed by atoms with Gasteiger partial charge in [-0.2, -0.15) is 0 Å². The number of halogens is 3. The first-order chi connectivity index (χ1) is 17.2. The highest BCUT2D eigenvalue weighted by Crippen LogP contribution is 2.65. The fourth-order valence-electron chi connectivity index (χ4n) is 5.49. The van der Waals surface area contributed by atoms with Crippen molar-refractivity contribution in [1.82, 2.24) is 26.0 Å². The van der Waals surface area contributed by atoms with Crippen molar-refractivity contribution in [3.8, 4) is 0 Å². The number of rotatable bonds is 9. The Bertz CT molecular complexity index is 948. The summed E-state index contributed by atoms with van der Waals surface area (Å²) in [4.78, 5) is 65.1. The van der Waals surface area contributed by atoms with Crippen molar-refractivity contribution in [2.45, 2.75) is 71.3 Å². The summed E-state index contributed by atoms with van der Waals surface area (Å²) >= 11 is 5.37. The van der Waals surface area contributed by atoms with Crippen molar-refractivity contribution in [3.63, 3.8) is 0 Å². The van der Waals surface area contributed by atoms with E-state index in [2.05, 4.69) is 16.1 Å². The average molecular weight is 548 g/mol. The number of nitrogens with zero attached hydrogens (tertiary/aromatic N) is 2. The maximum atomic E-state index is 13.8. The van der Waals surface area contributed by atoms with E-state index in [0.717, 1.165) is 6.92 Å². The van der Waals surface area contributed by atoms with Gasteiger partial charge in [0, 0.05) is 13.1 Å². The van der Waals surface area contributed by atoms with Crippen molar-refractivity contribution in [1.29, 1.82) is 0 Å². The summed E-state index contributed by atoms with van der Waals surface area (Å²) < 4.78 is 27.4. The van der Waals surface area contributed by atoms with Crippen LogP contribution in [0.5, 0.6) is 0 Å². The van der Waals surface area contributed by atoms with Gasteiger partial charge in [-0.25, -0.2) is 13.8 Å². The number of carbonyl (C=O) groups is 5. The van der Waals surface area contributed by atoms with Crippen LogP contribution in [-0.2, 0) is 24.0 Å². The first-order valence-corrected chi connectivity index (χ1v) is 13.1. The fraction of sp³-hybridized carbons (Fsp3) is 0.792. The molecule has 0 radical (unpaired) electrons. The summed E-state index contributed by atoms with van der Waals surface area (Å²) in [5.74, 6) is -4.96. The van der Waals surface area contributed by atoms with Gasteiger partial charge in [-0.1, -0.05) is 45.7 Å². The van der Waals surface area contributed by atoms with Crippen molar-refractivity contribution in [3.05, 3.63) is 0 Å². The number of fused-ring (bicyclic) bond motifs is 1. The Labute approximate surface area is 220 Å². The second-order valence-corrected chi connectivity index (χ2v) is 11.3. The molecule has 3 fully saturated rings. The second kappa shape index (κ2) is 11.1. The van der Waals surface area contributed by atoms with Crippen LogP contribution in [0, 0.1) is 29.1 Å². The molecular weight excluding hydrogens is 512 g/mol. The highest BCUT2D eigenvalue weighted by molar-refractivity contribution is 6.29. The van der Waals surface area contributed by atoms with Crippen LogP contribution >= 0.6 is 11.6 Å². The average Bonchev–Trinajstić information content (AvgIpc) is 3.19. The highest BCUT2D eigenvalue weighted by Gasteiger charge is 2.69. The van der Waals surface area contributed by atoms with Gasteiger partial charge in [-0.3, -0.25) is 29.4 Å². The SMILES string of the molecule is CC[C@@H](C)[C@H](NC(=O)[C@@H](C)F)C(=O)N1C[C@H]2[C@@H]([C@H]1C(=O)NN(C[C@@H]1CCNC1=O)C(=O)[C@@H](F)Cl)C2(C)C. The Kier molecular flexibility index (Phi) is 8.71. The molecule has 5 amide bonds. The van der Waals surface area contributed by atoms with E-state index in [1.165, 1.54) is 4.90 Å². The third kappa shape index (κ3) is 5.83. The summed E-state index contributed by atoms with van der Waals surface area (Å²) in [5, 5.41) is 5.80. The van der Waals surface area contributed by atoms with Crippen LogP contribution in [0.1, 0.15) is 47.5 Å². The molecule has 0 unspecified atom stereocenters. The third-order valence-corrected chi connectivity index (χ3v) is 8.35. The van der Waals surface area contributed by atoms with Crippen LogP contribution in [0.3, 0.4) is 0 Å². The quantitative estimate of drug-likeness (QED) is 0.292. The van der Waals surface area contributed by atoms with E-state index in [-0.39, 0.29) is 42.2 Å². The zero-order chi connectivity index (χ0) is 27.8. The number of carbonyl (C=O) groups excluding carboxylic acids is 5. The molecule has 0 aromatic rings. The molecular formula is C24H36ClF2N5O5. The molecule has 1 aliphatic carbocycles. The number of hydrogen-bond acceptors (Lipinski definition) is 5. The van der Waals surface area contributed by atoms with E-state index in [1.54, 1.807) is 6.92 Å². The van der Waals surface area contributed by atoms with Gasteiger partial charge in [0.25, 0.3) is 23.4 Å². The monoisotopic (exact) mass is 547 g/mol. The minimum atomic E-state index is -2.44. The first-order valence-electron chi connectivity index (χ1n) is 12.6. The van der Waals surface area contributed by atoms with E-state index in [9.17, 15) is 32.8 Å². The molecule has 3 rings (SSSR count). The Balaban J connectivity index is 1.85. The minimum absolute atomic E-state index is 0.00713. The lowest BCUT2D eigenvalue weighted by Gasteiger charge is -2.36. The van der Waals surface area contributed by atoms with Crippen LogP contribution in [-0.4, -0.2) is 83.0 Å². The number of amides is 5. The summed E-state index contributed by atoms with van der Waals surface area (Å²) in [6.07, 6.45) is -0.909. The van der Waals surface area contributed by atoms with Crippen molar-refractivity contribution >= 4 is 41.1 Å². The lowest BCUT2D eigenvalue weighted by molar-refractivity contribution is -0.150. The molecule has 0 aromatic heterocycles. The van der Waals surface area contributed by atoms with Crippen LogP contribution < -0.4 is 16.1 Å². The Hall–Kier alpha value is -2.50. The molecule has 10 nitrogen and oxygen atoms in total. The molecule has 2 saturated heterocycles. The standard InChI is InChI=1S/C24H36ClF2N5O5/c1-6-11(2)16(29-19(33)12(3)26)22(36)31-10-14-15(24(14,4)5)17(31)21(35)30-32(23(37)18(25)27)9-13-7-8-28-20(13)34/h11-18H,6-10H2,1-5H3,(H,28,34)(H,29,33)(H,30,35)/t11-,12-,13+,14+,15+,16+,17+,18-/m1/s1. The van der Waals surface area contributed by atoms with Gasteiger partial charge in [-0.05, 0) is 36.5 Å². The minimum Gasteiger partial charge on any atom is -0.356 e. The van der Waals surface area contributed by atoms with Gasteiger partial charge in [0.2, 0.25) is 11.8 Å². The van der Waals surface area contributed by atoms with E-state index < -0.39 is 53.4 Å². The molecule has 0 aromatic carbocycles. The maximum Gasteiger partial charge on any atom is 0.291 e. The van der Waals surface area contributed by atoms with Gasteiger partial charge in [-0.15, -0.1) is 0 Å². The van der Waals surface area contributed by atoms with Gasteiger partial charge in [0.1, 0.15) is 12.1 Å². The maximum absolute atomic E-state index is 13.8. The first kappa shape index (κ1) is 29.1. The lowest BCUT2D eigenvalue weighted by Crippen LogP contribution is -2.60. The summed E-state index contributed by atoms with van der Waals surface area (Å²) in [5.41, 5.74) is -0.301. The molecule has 2 heterocycles. The van der Waals surface area contributed by atoms with Gasteiger partial charge < -0.3 is 15.5 Å². The number of hydrazine groups is 1. The second-order valence-electron chi connectivity index (χ2n) is 10.9. The van der Waals surface area contributed by atoms with Crippen molar-refractivity contribution < 1.29 is 32.8 Å². The van der Waals surface area contributed by atoms with Crippen LogP contribution in [0.25, 0.3) is 0 Å². The molecule has 2 aliphatic heterocycles.